The molecule has 2 aromatic rings. The Morgan fingerprint density at radius 2 is 2.00 bits per heavy atom. The summed E-state index contributed by atoms with van der Waals surface area (Å²) in [4.78, 5) is 0. The number of hydrogen-bond acceptors (Lipinski definition) is 0. The molecular formula is C15H17NSi. The number of nitrogens with zero attached hydrogens (tertiary/aromatic N) is 1. The monoisotopic (exact) mass is 239 g/mol. The van der Waals surface area contributed by atoms with Gasteiger partial charge in [-0.3, -0.25) is 0 Å². The predicted molar refractivity (Wildman–Crippen MR) is 73.0 cm³/mol. The molecule has 1 aliphatic heterocycles. The van der Waals surface area contributed by atoms with Crippen LogP contribution in [0.1, 0.15) is 18.5 Å². The molecule has 1 aromatic heterocycles. The summed E-state index contributed by atoms with van der Waals surface area (Å²) in [5.41, 5.74) is 1.52. The van der Waals surface area contributed by atoms with Crippen LogP contribution in [0.4, 0.5) is 0 Å². The highest BCUT2D eigenvalue weighted by atomic mass is 28.2. The first-order chi connectivity index (χ1) is 8.34. The van der Waals surface area contributed by atoms with E-state index < -0.39 is 0 Å². The van der Waals surface area contributed by atoms with Crippen LogP contribution in [0.5, 0.6) is 0 Å². The molecule has 0 saturated heterocycles. The first kappa shape index (κ1) is 10.8. The lowest BCUT2D eigenvalue weighted by molar-refractivity contribution is 0.500. The fourth-order valence-corrected chi connectivity index (χ4v) is 4.11. The molecule has 1 aromatic carbocycles. The molecule has 0 spiro atoms. The van der Waals surface area contributed by atoms with Crippen molar-refractivity contribution in [1.29, 1.82) is 0 Å². The van der Waals surface area contributed by atoms with E-state index >= 15 is 0 Å². The van der Waals surface area contributed by atoms with Crippen molar-refractivity contribution in [1.82, 2.24) is 4.57 Å². The van der Waals surface area contributed by atoms with Gasteiger partial charge in [0.25, 0.3) is 0 Å². The molecule has 2 heteroatoms. The maximum absolute atomic E-state index is 2.42. The van der Waals surface area contributed by atoms with Crippen molar-refractivity contribution in [3.05, 3.63) is 54.4 Å². The second-order valence-corrected chi connectivity index (χ2v) is 6.22. The van der Waals surface area contributed by atoms with Gasteiger partial charge in [0.2, 0.25) is 0 Å². The van der Waals surface area contributed by atoms with E-state index in [4.69, 9.17) is 0 Å². The molecule has 0 amide bonds. The zero-order valence-electron chi connectivity index (χ0n) is 10.1. The first-order valence-electron chi connectivity index (χ1n) is 6.28. The summed E-state index contributed by atoms with van der Waals surface area (Å²) in [6.07, 6.45) is 2.22. The summed E-state index contributed by atoms with van der Waals surface area (Å²) in [6, 6.07) is 16.6. The third-order valence-electron chi connectivity index (χ3n) is 3.81. The number of benzene rings is 1. The van der Waals surface area contributed by atoms with Gasteiger partial charge in [-0.15, -0.1) is 0 Å². The molecule has 0 bridgehead atoms. The van der Waals surface area contributed by atoms with Crippen molar-refractivity contribution in [3.8, 4) is 0 Å². The van der Waals surface area contributed by atoms with Crippen LogP contribution >= 0.6 is 0 Å². The minimum absolute atomic E-state index is 0.723. The summed E-state index contributed by atoms with van der Waals surface area (Å²) in [5, 5.41) is 1.50. The zero-order valence-corrected chi connectivity index (χ0v) is 11.1. The second-order valence-electron chi connectivity index (χ2n) is 4.88. The molecule has 3 rings (SSSR count). The van der Waals surface area contributed by atoms with Gasteiger partial charge in [0.15, 0.2) is 0 Å². The Hall–Kier alpha value is -1.28. The topological polar surface area (TPSA) is 4.93 Å². The van der Waals surface area contributed by atoms with Crippen LogP contribution in [-0.2, 0) is 6.54 Å². The molecule has 0 fully saturated rings. The standard InChI is InChI=1S/C15H17NSi/c1-12-13(10-16-9-5-8-15(12)16)11-17-14-6-3-2-4-7-14/h2-9,12-13H,10-11H2,1H3/t12-,13-/m0/s1. The van der Waals surface area contributed by atoms with Crippen LogP contribution in [0.2, 0.25) is 6.04 Å². The Bertz CT molecular complexity index is 489. The highest BCUT2D eigenvalue weighted by Crippen LogP contribution is 2.35. The van der Waals surface area contributed by atoms with Crippen LogP contribution in [0.15, 0.2) is 48.7 Å². The van der Waals surface area contributed by atoms with Crippen molar-refractivity contribution in [2.75, 3.05) is 0 Å². The fourth-order valence-electron chi connectivity index (χ4n) is 2.71. The number of aromatic nitrogens is 1. The lowest BCUT2D eigenvalue weighted by atomic mass is 9.97. The minimum atomic E-state index is 0.723. The highest BCUT2D eigenvalue weighted by molar-refractivity contribution is 6.53. The van der Waals surface area contributed by atoms with Gasteiger partial charge in [-0.05, 0) is 18.1 Å². The van der Waals surface area contributed by atoms with Crippen molar-refractivity contribution >= 4 is 14.7 Å². The van der Waals surface area contributed by atoms with E-state index in [0.29, 0.717) is 0 Å². The fraction of sp³-hybridized carbons (Fsp3) is 0.333. The third-order valence-corrected chi connectivity index (χ3v) is 5.28. The van der Waals surface area contributed by atoms with Gasteiger partial charge in [0.1, 0.15) is 0 Å². The normalized spacial score (nSPS) is 22.6. The largest absolute Gasteiger partial charge is 0.351 e. The Labute approximate surface area is 105 Å². The van der Waals surface area contributed by atoms with E-state index in [1.165, 1.54) is 23.5 Å². The Morgan fingerprint density at radius 3 is 2.76 bits per heavy atom. The number of fused-ring (bicyclic) bond motifs is 1. The van der Waals surface area contributed by atoms with Crippen molar-refractivity contribution in [2.45, 2.75) is 25.4 Å². The van der Waals surface area contributed by atoms with Gasteiger partial charge in [0.05, 0.1) is 9.52 Å². The van der Waals surface area contributed by atoms with E-state index in [1.54, 1.807) is 0 Å². The van der Waals surface area contributed by atoms with Crippen LogP contribution in [0.3, 0.4) is 0 Å². The van der Waals surface area contributed by atoms with Crippen molar-refractivity contribution < 1.29 is 0 Å². The van der Waals surface area contributed by atoms with Crippen LogP contribution in [-0.4, -0.2) is 14.1 Å². The molecule has 0 aliphatic carbocycles. The van der Waals surface area contributed by atoms with E-state index in [2.05, 4.69) is 60.2 Å². The molecule has 17 heavy (non-hydrogen) atoms. The maximum atomic E-state index is 2.42. The van der Waals surface area contributed by atoms with Gasteiger partial charge < -0.3 is 4.57 Å². The molecular weight excluding hydrogens is 222 g/mol. The Balaban J connectivity index is 1.63. The molecule has 86 valence electrons. The maximum Gasteiger partial charge on any atom is 0.0811 e. The smallest absolute Gasteiger partial charge is 0.0811 e. The molecule has 2 atom stereocenters. The average molecular weight is 239 g/mol. The Morgan fingerprint density at radius 1 is 1.18 bits per heavy atom. The van der Waals surface area contributed by atoms with E-state index in [9.17, 15) is 0 Å². The minimum Gasteiger partial charge on any atom is -0.351 e. The zero-order chi connectivity index (χ0) is 11.7. The van der Waals surface area contributed by atoms with Crippen LogP contribution in [0.25, 0.3) is 0 Å². The van der Waals surface area contributed by atoms with Gasteiger partial charge in [-0.2, -0.15) is 0 Å². The van der Waals surface area contributed by atoms with Gasteiger partial charge in [-0.1, -0.05) is 48.5 Å². The van der Waals surface area contributed by atoms with Crippen LogP contribution in [0, 0.1) is 5.92 Å². The number of hydrogen-bond donors (Lipinski definition) is 0. The van der Waals surface area contributed by atoms with Gasteiger partial charge in [0, 0.05) is 24.4 Å². The summed E-state index contributed by atoms with van der Waals surface area (Å²) < 4.78 is 2.42. The lowest BCUT2D eigenvalue weighted by Crippen LogP contribution is -2.18. The summed E-state index contributed by atoms with van der Waals surface area (Å²) >= 11 is 0. The predicted octanol–water partition coefficient (Wildman–Crippen LogP) is 2.67. The molecule has 0 N–H and O–H groups in total. The SMILES string of the molecule is C[C@@H]1c2cccn2C[C@H]1C[Si]c1ccccc1. The molecule has 1 aliphatic rings. The highest BCUT2D eigenvalue weighted by Gasteiger charge is 2.28. The van der Waals surface area contributed by atoms with Gasteiger partial charge in [-0.25, -0.2) is 0 Å². The molecule has 1 nitrogen and oxygen atoms in total. The van der Waals surface area contributed by atoms with E-state index in [0.717, 1.165) is 21.4 Å². The van der Waals surface area contributed by atoms with Gasteiger partial charge >= 0.3 is 0 Å². The molecule has 0 unspecified atom stereocenters. The molecule has 2 heterocycles. The number of rotatable bonds is 3. The molecule has 0 saturated carbocycles. The average Bonchev–Trinajstić information content (AvgIpc) is 2.92. The third kappa shape index (κ3) is 2.09. The quantitative estimate of drug-likeness (QED) is 0.726. The lowest BCUT2D eigenvalue weighted by Gasteiger charge is -2.13. The summed E-state index contributed by atoms with van der Waals surface area (Å²) in [6.45, 7) is 3.59. The van der Waals surface area contributed by atoms with Crippen molar-refractivity contribution in [3.63, 3.8) is 0 Å². The summed E-state index contributed by atoms with van der Waals surface area (Å²) in [7, 11) is 0.951. The van der Waals surface area contributed by atoms with E-state index in [1.807, 2.05) is 0 Å². The molecule has 2 radical (unpaired) electrons. The van der Waals surface area contributed by atoms with Crippen molar-refractivity contribution in [2.24, 2.45) is 5.92 Å². The summed E-state index contributed by atoms with van der Waals surface area (Å²) in [5.74, 6) is 1.55. The Kier molecular flexibility index (Phi) is 2.89. The van der Waals surface area contributed by atoms with E-state index in [-0.39, 0.29) is 0 Å². The van der Waals surface area contributed by atoms with Crippen LogP contribution < -0.4 is 5.19 Å². The first-order valence-corrected chi connectivity index (χ1v) is 7.49. The second kappa shape index (κ2) is 4.53.